The van der Waals surface area contributed by atoms with Gasteiger partial charge in [-0.05, 0) is 5.92 Å². The van der Waals surface area contributed by atoms with Crippen LogP contribution in [0.25, 0.3) is 0 Å². The molecule has 0 saturated heterocycles. The summed E-state index contributed by atoms with van der Waals surface area (Å²) in [6, 6.07) is 0.544. The highest BCUT2D eigenvalue weighted by Gasteiger charge is 2.13. The van der Waals surface area contributed by atoms with Crippen LogP contribution in [-0.4, -0.2) is 69.1 Å². The van der Waals surface area contributed by atoms with Crippen molar-refractivity contribution >= 4 is 27.5 Å². The van der Waals surface area contributed by atoms with Crippen molar-refractivity contribution in [1.82, 2.24) is 16.0 Å². The molecule has 30 heavy (non-hydrogen) atoms. The molecule has 0 spiro atoms. The first kappa shape index (κ1) is 29.6. The molecule has 0 rings (SSSR count). The molecule has 0 aliphatic rings. The van der Waals surface area contributed by atoms with Crippen molar-refractivity contribution in [3.05, 3.63) is 0 Å². The maximum atomic E-state index is 11.6. The van der Waals surface area contributed by atoms with Crippen LogP contribution in [0.3, 0.4) is 0 Å². The molecule has 3 N–H and O–H groups in total. The van der Waals surface area contributed by atoms with Gasteiger partial charge >= 0.3 is 0 Å². The highest BCUT2D eigenvalue weighted by Crippen LogP contribution is 2.29. The van der Waals surface area contributed by atoms with Gasteiger partial charge in [0.25, 0.3) is 0 Å². The van der Waals surface area contributed by atoms with Gasteiger partial charge in [-0.15, -0.1) is 0 Å². The van der Waals surface area contributed by atoms with E-state index in [1.165, 1.54) is 0 Å². The van der Waals surface area contributed by atoms with Gasteiger partial charge in [-0.3, -0.25) is 4.79 Å². The summed E-state index contributed by atoms with van der Waals surface area (Å²) in [7, 11) is 3.82. The summed E-state index contributed by atoms with van der Waals surface area (Å²) in [4.78, 5) is 11.6. The molecule has 1 amide bonds. The highest BCUT2D eigenvalue weighted by atomic mass is 33.1. The van der Waals surface area contributed by atoms with Gasteiger partial charge in [-0.1, -0.05) is 75.0 Å². The molecule has 1 unspecified atom stereocenters. The van der Waals surface area contributed by atoms with Gasteiger partial charge in [-0.25, -0.2) is 0 Å². The van der Waals surface area contributed by atoms with Crippen molar-refractivity contribution in [3.63, 3.8) is 0 Å². The van der Waals surface area contributed by atoms with Crippen molar-refractivity contribution < 1.29 is 18.5 Å². The maximum absolute atomic E-state index is 11.6. The van der Waals surface area contributed by atoms with Gasteiger partial charge in [0.15, 0.2) is 0 Å². The largest absolute Gasteiger partial charge is 0.379 e. The monoisotopic (exact) mass is 467 g/mol. The molecule has 0 saturated carbocycles. The van der Waals surface area contributed by atoms with Crippen LogP contribution >= 0.6 is 21.6 Å². The van der Waals surface area contributed by atoms with Gasteiger partial charge in [-0.2, -0.15) is 0 Å². The molecule has 182 valence electrons. The minimum atomic E-state index is -0.0340. The summed E-state index contributed by atoms with van der Waals surface area (Å²) in [6.07, 6.45) is 0.350. The predicted octanol–water partition coefficient (Wildman–Crippen LogP) is 3.87. The van der Waals surface area contributed by atoms with E-state index in [1.54, 1.807) is 0 Å². The summed E-state index contributed by atoms with van der Waals surface area (Å²) in [5.41, 5.74) is 0. The Morgan fingerprint density at radius 1 is 0.967 bits per heavy atom. The molecule has 0 bridgehead atoms. The van der Waals surface area contributed by atoms with Crippen LogP contribution in [0.15, 0.2) is 0 Å². The number of carbonyl (C=O) groups excluding carboxylic acids is 1. The van der Waals surface area contributed by atoms with Crippen molar-refractivity contribution in [2.24, 2.45) is 11.8 Å². The molecule has 0 aliphatic carbocycles. The van der Waals surface area contributed by atoms with Crippen LogP contribution in [0.1, 0.15) is 52.2 Å². The summed E-state index contributed by atoms with van der Waals surface area (Å²) >= 11 is 0. The topological polar surface area (TPSA) is 71.6 Å². The van der Waals surface area contributed by atoms with E-state index in [9.17, 15) is 4.79 Å². The van der Waals surface area contributed by atoms with Crippen molar-refractivity contribution in [1.29, 1.82) is 0 Å². The van der Waals surface area contributed by atoms with Crippen molar-refractivity contribution in [3.8, 4) is 11.8 Å². The lowest BCUT2D eigenvalue weighted by Crippen LogP contribution is -2.33. The Balaban J connectivity index is -0.00000140. The summed E-state index contributed by atoms with van der Waals surface area (Å²) in [5.74, 6) is 7.89. The van der Waals surface area contributed by atoms with Crippen LogP contribution in [0.2, 0.25) is 0 Å². The number of rotatable bonds is 18. The smallest absolute Gasteiger partial charge is 0.223 e. The standard InChI is InChI=1S/C22H43N3O3S2.3H2/c1-18(2)8-7-10-24-21(26)9-13-27-15-16-28-14-11-25-22(19(3)4)30-29-17-12-23-20(5)6;;;/h18-20,22-23,25H,9-17H2,1-6H3,(H,24,26);3*1H. The second kappa shape index (κ2) is 20.5. The molecule has 8 heteroatoms. The molecule has 0 radical (unpaired) electrons. The Labute approximate surface area is 197 Å². The average molecular weight is 468 g/mol. The summed E-state index contributed by atoms with van der Waals surface area (Å²) in [6.45, 7) is 17.2. The summed E-state index contributed by atoms with van der Waals surface area (Å²) in [5, 5.41) is 10.2. The second-order valence-electron chi connectivity index (χ2n) is 7.87. The number of ether oxygens (including phenoxy) is 2. The molecular weight excluding hydrogens is 418 g/mol. The van der Waals surface area contributed by atoms with E-state index in [2.05, 4.69) is 55.5 Å². The Kier molecular flexibility index (Phi) is 20.2. The molecule has 0 heterocycles. The van der Waals surface area contributed by atoms with Gasteiger partial charge < -0.3 is 25.4 Å². The Morgan fingerprint density at radius 2 is 1.67 bits per heavy atom. The third-order valence-electron chi connectivity index (χ3n) is 3.72. The fourth-order valence-electron chi connectivity index (χ4n) is 2.14. The Morgan fingerprint density at radius 3 is 2.30 bits per heavy atom. The molecule has 0 fully saturated rings. The van der Waals surface area contributed by atoms with E-state index in [4.69, 9.17) is 9.47 Å². The second-order valence-corrected chi connectivity index (χ2v) is 10.5. The Bertz CT molecular complexity index is 494. The first-order valence-electron chi connectivity index (χ1n) is 11.0. The predicted molar refractivity (Wildman–Crippen MR) is 138 cm³/mol. The van der Waals surface area contributed by atoms with E-state index in [0.29, 0.717) is 62.6 Å². The lowest BCUT2D eigenvalue weighted by atomic mass is 10.2. The van der Waals surface area contributed by atoms with Gasteiger partial charge in [0.1, 0.15) is 0 Å². The fourth-order valence-corrected chi connectivity index (χ4v) is 4.84. The lowest BCUT2D eigenvalue weighted by molar-refractivity contribution is -0.122. The SMILES string of the molecule is CC(C)C#CCNC(=O)CCOCCOCCNC(SSCCNC(C)C)C(C)C.[HH].[HH].[HH]. The third kappa shape index (κ3) is 20.8. The molecule has 1 atom stereocenters. The molecule has 0 aromatic heterocycles. The van der Waals surface area contributed by atoms with Crippen LogP contribution < -0.4 is 16.0 Å². The molecule has 6 nitrogen and oxygen atoms in total. The van der Waals surface area contributed by atoms with Crippen molar-refractivity contribution in [2.75, 3.05) is 51.8 Å². The summed E-state index contributed by atoms with van der Waals surface area (Å²) < 4.78 is 11.1. The number of nitrogens with one attached hydrogen (secondary N) is 3. The number of amides is 1. The lowest BCUT2D eigenvalue weighted by Gasteiger charge is -2.21. The first-order valence-corrected chi connectivity index (χ1v) is 13.4. The van der Waals surface area contributed by atoms with E-state index < -0.39 is 0 Å². The number of carbonyl (C=O) groups is 1. The first-order chi connectivity index (χ1) is 14.3. The number of hydrogen-bond acceptors (Lipinski definition) is 7. The minimum Gasteiger partial charge on any atom is -0.379 e. The van der Waals surface area contributed by atoms with Crippen LogP contribution in [0.5, 0.6) is 0 Å². The van der Waals surface area contributed by atoms with Gasteiger partial charge in [0.05, 0.1) is 38.3 Å². The minimum absolute atomic E-state index is 0. The molecule has 0 aromatic carbocycles. The van der Waals surface area contributed by atoms with Gasteiger partial charge in [0.2, 0.25) is 5.91 Å². The van der Waals surface area contributed by atoms with E-state index >= 15 is 0 Å². The fraction of sp³-hybridized carbons (Fsp3) is 0.864. The maximum Gasteiger partial charge on any atom is 0.223 e. The molecule has 0 aliphatic heterocycles. The zero-order chi connectivity index (χ0) is 22.6. The van der Waals surface area contributed by atoms with Crippen LogP contribution in [0, 0.1) is 23.7 Å². The van der Waals surface area contributed by atoms with Crippen LogP contribution in [-0.2, 0) is 14.3 Å². The zero-order valence-corrected chi connectivity index (χ0v) is 21.3. The van der Waals surface area contributed by atoms with E-state index in [0.717, 1.165) is 18.8 Å². The Hall–Kier alpha value is -0.430. The van der Waals surface area contributed by atoms with E-state index in [1.807, 2.05) is 35.4 Å². The average Bonchev–Trinajstić information content (AvgIpc) is 2.67. The number of hydrogen-bond donors (Lipinski definition) is 3. The van der Waals surface area contributed by atoms with Crippen molar-refractivity contribution in [2.45, 2.75) is 59.4 Å². The van der Waals surface area contributed by atoms with Crippen LogP contribution in [0.4, 0.5) is 0 Å². The van der Waals surface area contributed by atoms with E-state index in [-0.39, 0.29) is 10.2 Å². The third-order valence-corrected chi connectivity index (χ3v) is 6.67. The molecular formula is C22H49N3O3S2. The normalized spacial score (nSPS) is 12.3. The quantitative estimate of drug-likeness (QED) is 0.122. The van der Waals surface area contributed by atoms with Gasteiger partial charge in [0, 0.05) is 41.5 Å². The zero-order valence-electron chi connectivity index (χ0n) is 19.7. The molecule has 0 aromatic rings. The highest BCUT2D eigenvalue weighted by molar-refractivity contribution is 8.76.